The number of rotatable bonds is 9. The Balaban J connectivity index is 1.46. The van der Waals surface area contributed by atoms with E-state index in [9.17, 15) is 28.3 Å². The second-order valence-corrected chi connectivity index (χ2v) is 11.3. The number of likely N-dealkylation sites (tertiary alicyclic amines) is 1. The first-order valence-electron chi connectivity index (χ1n) is 14.5. The summed E-state index contributed by atoms with van der Waals surface area (Å²) in [5.74, 6) is 0.144. The summed E-state index contributed by atoms with van der Waals surface area (Å²) in [4.78, 5) is 21.6. The number of halogens is 3. The molecule has 0 radical (unpaired) electrons. The molecule has 1 amide bonds. The maximum Gasteiger partial charge on any atom is 0.416 e. The number of pyridine rings is 1. The van der Waals surface area contributed by atoms with E-state index in [2.05, 4.69) is 26.6 Å². The van der Waals surface area contributed by atoms with Gasteiger partial charge in [0.05, 0.1) is 42.3 Å². The minimum atomic E-state index is -4.67. The Morgan fingerprint density at radius 2 is 1.89 bits per heavy atom. The molecule has 0 saturated carbocycles. The lowest BCUT2D eigenvalue weighted by Gasteiger charge is -2.31. The molecule has 2 aliphatic heterocycles. The number of hydrogen-bond acceptors (Lipinski definition) is 9. The zero-order valence-corrected chi connectivity index (χ0v) is 24.7. The van der Waals surface area contributed by atoms with Gasteiger partial charge in [0, 0.05) is 31.3 Å². The number of benzene rings is 2. The van der Waals surface area contributed by atoms with E-state index in [1.807, 2.05) is 11.0 Å². The second kappa shape index (κ2) is 12.2. The highest BCUT2D eigenvalue weighted by Crippen LogP contribution is 2.41. The van der Waals surface area contributed by atoms with Gasteiger partial charge < -0.3 is 15.0 Å². The fraction of sp³-hybridized carbons (Fsp3) is 0.312. The topological polar surface area (TPSA) is 147 Å². The van der Waals surface area contributed by atoms with Crippen molar-refractivity contribution in [1.82, 2.24) is 24.6 Å². The summed E-state index contributed by atoms with van der Waals surface area (Å²) in [6, 6.07) is 14.9. The van der Waals surface area contributed by atoms with Gasteiger partial charge in [-0.2, -0.15) is 23.7 Å². The molecule has 2 aromatic heterocycles. The predicted octanol–water partition coefficient (Wildman–Crippen LogP) is 4.49. The Morgan fingerprint density at radius 3 is 2.54 bits per heavy atom. The number of aliphatic hydroxyl groups excluding tert-OH is 1. The first-order chi connectivity index (χ1) is 22.0. The molecular weight excluding hydrogens is 599 g/mol. The second-order valence-electron chi connectivity index (χ2n) is 11.3. The van der Waals surface area contributed by atoms with Crippen LogP contribution in [0.5, 0.6) is 0 Å². The van der Waals surface area contributed by atoms with Crippen molar-refractivity contribution in [2.75, 3.05) is 29.9 Å². The summed E-state index contributed by atoms with van der Waals surface area (Å²) in [6.45, 7) is 1.49. The Kier molecular flexibility index (Phi) is 8.17. The van der Waals surface area contributed by atoms with Gasteiger partial charge >= 0.3 is 6.18 Å². The monoisotopic (exact) mass is 627 g/mol. The summed E-state index contributed by atoms with van der Waals surface area (Å²) in [5, 5.41) is 40.0. The number of aliphatic hydroxyl groups is 1. The molecule has 0 aliphatic carbocycles. The molecule has 6 rings (SSSR count). The van der Waals surface area contributed by atoms with E-state index in [1.165, 1.54) is 17.3 Å². The molecule has 46 heavy (non-hydrogen) atoms. The van der Waals surface area contributed by atoms with Crippen LogP contribution in [0.1, 0.15) is 45.5 Å². The Bertz CT molecular complexity index is 1900. The number of aromatic nitrogens is 4. The van der Waals surface area contributed by atoms with E-state index >= 15 is 0 Å². The number of aryl methyl sites for hydroxylation is 1. The fourth-order valence-electron chi connectivity index (χ4n) is 5.67. The van der Waals surface area contributed by atoms with Gasteiger partial charge in [-0.1, -0.05) is 0 Å². The molecule has 14 heteroatoms. The van der Waals surface area contributed by atoms with Crippen LogP contribution in [-0.2, 0) is 26.3 Å². The molecule has 1 fully saturated rings. The van der Waals surface area contributed by atoms with Crippen molar-refractivity contribution in [3.63, 3.8) is 0 Å². The fourth-order valence-corrected chi connectivity index (χ4v) is 5.67. The molecular formula is C32H28F3N9O2. The van der Waals surface area contributed by atoms with Crippen LogP contribution in [0.2, 0.25) is 0 Å². The summed E-state index contributed by atoms with van der Waals surface area (Å²) in [5.41, 5.74) is 1.39. The van der Waals surface area contributed by atoms with E-state index in [-0.39, 0.29) is 42.3 Å². The third-order valence-electron chi connectivity index (χ3n) is 8.11. The third-order valence-corrected chi connectivity index (χ3v) is 8.11. The average Bonchev–Trinajstić information content (AvgIpc) is 3.59. The molecule has 11 nitrogen and oxygen atoms in total. The number of anilines is 2. The number of nitrogens with one attached hydrogen (secondary N) is 1. The van der Waals surface area contributed by atoms with E-state index in [0.717, 1.165) is 25.6 Å². The SMILES string of the molecule is Cn1cnnc1-c1ccc(C#N)cc1-c1cc(NC[C@H](O)CC#N)nc(N2Cc3c(cc(CN4CCC4)cc3C(F)(F)F)C2=O)c1. The van der Waals surface area contributed by atoms with Crippen molar-refractivity contribution in [2.24, 2.45) is 7.05 Å². The number of amides is 1. The zero-order valence-electron chi connectivity index (χ0n) is 24.7. The highest BCUT2D eigenvalue weighted by atomic mass is 19.4. The minimum absolute atomic E-state index is 0.0252. The maximum absolute atomic E-state index is 14.3. The quantitative estimate of drug-likeness (QED) is 0.274. The number of carbonyl (C=O) groups excluding carboxylic acids is 1. The highest BCUT2D eigenvalue weighted by molar-refractivity contribution is 6.10. The highest BCUT2D eigenvalue weighted by Gasteiger charge is 2.41. The van der Waals surface area contributed by atoms with Crippen molar-refractivity contribution in [3.8, 4) is 34.7 Å². The molecule has 1 saturated heterocycles. The summed E-state index contributed by atoms with van der Waals surface area (Å²) in [6.07, 6.45) is -3.34. The van der Waals surface area contributed by atoms with Crippen LogP contribution in [0.25, 0.3) is 22.5 Å². The first kappa shape index (κ1) is 30.7. The van der Waals surface area contributed by atoms with Crippen molar-refractivity contribution in [1.29, 1.82) is 10.5 Å². The zero-order chi connectivity index (χ0) is 32.6. The van der Waals surface area contributed by atoms with E-state index < -0.39 is 23.8 Å². The number of alkyl halides is 3. The molecule has 4 heterocycles. The molecule has 2 aromatic carbocycles. The number of fused-ring (bicyclic) bond motifs is 1. The standard InChI is InChI=1S/C32H28F3N9O2/c1-42-18-39-41-30(42)23-4-3-19(14-37)9-24(23)21-12-28(38-15-22(45)5-6-36)40-29(13-21)44-17-26-25(31(44)46)10-20(16-43-7-2-8-43)11-27(26)32(33,34)35/h3-4,9-13,18,22,45H,2,5,7-8,15-17H2,1H3,(H,38,40)/t22-/m1/s1. The van der Waals surface area contributed by atoms with Crippen LogP contribution in [0.15, 0.2) is 48.8 Å². The number of carbonyl (C=O) groups is 1. The van der Waals surface area contributed by atoms with Gasteiger partial charge in [0.1, 0.15) is 18.0 Å². The predicted molar refractivity (Wildman–Crippen MR) is 161 cm³/mol. The molecule has 4 aromatic rings. The number of nitriles is 2. The summed E-state index contributed by atoms with van der Waals surface area (Å²) >= 11 is 0. The normalized spacial score (nSPS) is 15.2. The Morgan fingerprint density at radius 1 is 1.09 bits per heavy atom. The van der Waals surface area contributed by atoms with Gasteiger partial charge in [0.2, 0.25) is 0 Å². The van der Waals surface area contributed by atoms with Crippen molar-refractivity contribution >= 4 is 17.5 Å². The Labute approximate surface area is 262 Å². The number of hydrogen-bond donors (Lipinski definition) is 2. The van der Waals surface area contributed by atoms with Crippen LogP contribution >= 0.6 is 0 Å². The molecule has 234 valence electrons. The van der Waals surface area contributed by atoms with Gasteiger partial charge in [-0.05, 0) is 84.2 Å². The molecule has 1 atom stereocenters. The third kappa shape index (κ3) is 6.00. The lowest BCUT2D eigenvalue weighted by atomic mass is 9.97. The lowest BCUT2D eigenvalue weighted by molar-refractivity contribution is -0.138. The molecule has 2 N–H and O–H groups in total. The van der Waals surface area contributed by atoms with Gasteiger partial charge in [0.15, 0.2) is 5.82 Å². The van der Waals surface area contributed by atoms with Crippen LogP contribution in [0, 0.1) is 22.7 Å². The smallest absolute Gasteiger partial charge is 0.390 e. The average molecular weight is 628 g/mol. The molecule has 0 spiro atoms. The van der Waals surface area contributed by atoms with Gasteiger partial charge in [-0.3, -0.25) is 14.6 Å². The van der Waals surface area contributed by atoms with Crippen LogP contribution < -0.4 is 10.2 Å². The van der Waals surface area contributed by atoms with E-state index in [0.29, 0.717) is 40.2 Å². The first-order valence-corrected chi connectivity index (χ1v) is 14.5. The Hall–Kier alpha value is -5.31. The van der Waals surface area contributed by atoms with Crippen molar-refractivity contribution in [2.45, 2.75) is 38.2 Å². The molecule has 0 bridgehead atoms. The van der Waals surface area contributed by atoms with Gasteiger partial charge in [0.25, 0.3) is 5.91 Å². The van der Waals surface area contributed by atoms with E-state index in [1.54, 1.807) is 41.9 Å². The lowest BCUT2D eigenvalue weighted by Crippen LogP contribution is -2.36. The van der Waals surface area contributed by atoms with Crippen molar-refractivity contribution < 1.29 is 23.1 Å². The molecule has 2 aliphatic rings. The largest absolute Gasteiger partial charge is 0.416 e. The molecule has 0 unspecified atom stereocenters. The number of nitrogens with zero attached hydrogens (tertiary/aromatic N) is 8. The minimum Gasteiger partial charge on any atom is -0.390 e. The van der Waals surface area contributed by atoms with Crippen LogP contribution in [0.4, 0.5) is 24.8 Å². The summed E-state index contributed by atoms with van der Waals surface area (Å²) in [7, 11) is 1.76. The van der Waals surface area contributed by atoms with Crippen molar-refractivity contribution in [3.05, 3.63) is 76.6 Å². The van der Waals surface area contributed by atoms with Gasteiger partial charge in [-0.15, -0.1) is 10.2 Å². The van der Waals surface area contributed by atoms with Gasteiger partial charge in [-0.25, -0.2) is 4.98 Å². The van der Waals surface area contributed by atoms with Crippen LogP contribution in [-0.4, -0.2) is 61.4 Å². The maximum atomic E-state index is 14.3. The van der Waals surface area contributed by atoms with Crippen LogP contribution in [0.3, 0.4) is 0 Å². The summed E-state index contributed by atoms with van der Waals surface area (Å²) < 4.78 is 44.7. The van der Waals surface area contributed by atoms with E-state index in [4.69, 9.17) is 5.26 Å².